The maximum absolute atomic E-state index is 12.6. The summed E-state index contributed by atoms with van der Waals surface area (Å²) in [5, 5.41) is 7.18. The van der Waals surface area contributed by atoms with Gasteiger partial charge in [0.05, 0.1) is 12.2 Å². The van der Waals surface area contributed by atoms with Gasteiger partial charge in [-0.1, -0.05) is 30.3 Å². The fraction of sp³-hybridized carbons (Fsp3) is 0.375. The van der Waals surface area contributed by atoms with Gasteiger partial charge in [-0.15, -0.1) is 0 Å². The van der Waals surface area contributed by atoms with Crippen LogP contribution in [0.4, 0.5) is 5.82 Å². The van der Waals surface area contributed by atoms with Gasteiger partial charge in [0.15, 0.2) is 0 Å². The molecule has 0 spiro atoms. The van der Waals surface area contributed by atoms with Gasteiger partial charge in [-0.05, 0) is 32.3 Å². The van der Waals surface area contributed by atoms with Crippen LogP contribution in [0.25, 0.3) is 11.3 Å². The fourth-order valence-corrected chi connectivity index (χ4v) is 3.76. The van der Waals surface area contributed by atoms with Crippen LogP contribution < -0.4 is 20.5 Å². The standard InChI is InChI=1S/C24H28N6O3/c1-18(30-23(31)11-10-20(28-30)19-8-4-2-5-9-19)24(32)25-12-15-33-22-16-21(26-17-27-22)29-13-6-3-7-14-29/h2,4-5,8-11,16-18H,3,6-7,12-15H2,1H3,(H,25,32). The van der Waals surface area contributed by atoms with E-state index in [1.807, 2.05) is 36.4 Å². The molecule has 3 heterocycles. The van der Waals surface area contributed by atoms with Crippen molar-refractivity contribution in [3.63, 3.8) is 0 Å². The summed E-state index contributed by atoms with van der Waals surface area (Å²) in [5.74, 6) is 1.03. The highest BCUT2D eigenvalue weighted by Crippen LogP contribution is 2.20. The first-order valence-electron chi connectivity index (χ1n) is 11.2. The summed E-state index contributed by atoms with van der Waals surface area (Å²) in [5.41, 5.74) is 1.17. The Morgan fingerprint density at radius 3 is 2.67 bits per heavy atom. The zero-order valence-corrected chi connectivity index (χ0v) is 18.7. The highest BCUT2D eigenvalue weighted by molar-refractivity contribution is 5.79. The minimum absolute atomic E-state index is 0.251. The lowest BCUT2D eigenvalue weighted by Gasteiger charge is -2.27. The molecule has 172 valence electrons. The van der Waals surface area contributed by atoms with Crippen LogP contribution in [0.3, 0.4) is 0 Å². The molecule has 1 atom stereocenters. The van der Waals surface area contributed by atoms with Gasteiger partial charge in [0.25, 0.3) is 5.56 Å². The minimum atomic E-state index is -0.758. The Balaban J connectivity index is 1.31. The number of hydrogen-bond acceptors (Lipinski definition) is 7. The molecule has 1 saturated heterocycles. The summed E-state index contributed by atoms with van der Waals surface area (Å²) < 4.78 is 6.90. The van der Waals surface area contributed by atoms with Crippen LogP contribution in [-0.4, -0.2) is 51.9 Å². The first-order valence-corrected chi connectivity index (χ1v) is 11.2. The van der Waals surface area contributed by atoms with Crippen molar-refractivity contribution in [2.24, 2.45) is 0 Å². The molecular formula is C24H28N6O3. The largest absolute Gasteiger partial charge is 0.476 e. The van der Waals surface area contributed by atoms with Gasteiger partial charge in [-0.25, -0.2) is 14.6 Å². The number of piperidine rings is 1. The number of nitrogens with zero attached hydrogens (tertiary/aromatic N) is 5. The molecule has 1 fully saturated rings. The Labute approximate surface area is 192 Å². The molecule has 3 aromatic rings. The first kappa shape index (κ1) is 22.4. The summed E-state index contributed by atoms with van der Waals surface area (Å²) >= 11 is 0. The van der Waals surface area contributed by atoms with Crippen LogP contribution in [0.2, 0.25) is 0 Å². The molecule has 0 radical (unpaired) electrons. The van der Waals surface area contributed by atoms with Crippen molar-refractivity contribution in [1.29, 1.82) is 0 Å². The SMILES string of the molecule is CC(C(=O)NCCOc1cc(N2CCCCC2)ncn1)n1nc(-c2ccccc2)ccc1=O. The zero-order chi connectivity index (χ0) is 23.0. The average molecular weight is 449 g/mol. The second-order valence-corrected chi connectivity index (χ2v) is 7.95. The van der Waals surface area contributed by atoms with Gasteiger partial charge in [-0.2, -0.15) is 5.10 Å². The van der Waals surface area contributed by atoms with Crippen molar-refractivity contribution in [3.8, 4) is 17.1 Å². The van der Waals surface area contributed by atoms with Gasteiger partial charge in [0, 0.05) is 30.8 Å². The van der Waals surface area contributed by atoms with Crippen molar-refractivity contribution in [3.05, 3.63) is 65.2 Å². The van der Waals surface area contributed by atoms with Gasteiger partial charge >= 0.3 is 0 Å². The highest BCUT2D eigenvalue weighted by atomic mass is 16.5. The molecule has 1 amide bonds. The molecule has 33 heavy (non-hydrogen) atoms. The predicted octanol–water partition coefficient (Wildman–Crippen LogP) is 2.45. The van der Waals surface area contributed by atoms with Crippen molar-refractivity contribution in [2.45, 2.75) is 32.2 Å². The van der Waals surface area contributed by atoms with Crippen molar-refractivity contribution >= 4 is 11.7 Å². The third-order valence-corrected chi connectivity index (χ3v) is 5.60. The molecule has 1 aliphatic heterocycles. The number of carbonyl (C=O) groups excluding carboxylic acids is 1. The topological polar surface area (TPSA) is 102 Å². The van der Waals surface area contributed by atoms with Crippen LogP contribution in [0.1, 0.15) is 32.2 Å². The number of ether oxygens (including phenoxy) is 1. The Kier molecular flexibility index (Phi) is 7.29. The number of nitrogens with one attached hydrogen (secondary N) is 1. The molecule has 0 bridgehead atoms. The molecule has 2 aromatic heterocycles. The van der Waals surface area contributed by atoms with Crippen molar-refractivity contribution < 1.29 is 9.53 Å². The van der Waals surface area contributed by atoms with Crippen LogP contribution in [0.15, 0.2) is 59.7 Å². The minimum Gasteiger partial charge on any atom is -0.476 e. The number of benzene rings is 1. The summed E-state index contributed by atoms with van der Waals surface area (Å²) in [6, 6.07) is 13.7. The molecule has 4 rings (SSSR count). The number of aromatic nitrogens is 4. The zero-order valence-electron chi connectivity index (χ0n) is 18.7. The molecule has 0 aliphatic carbocycles. The second-order valence-electron chi connectivity index (χ2n) is 7.95. The van der Waals surface area contributed by atoms with E-state index in [0.29, 0.717) is 11.6 Å². The smallest absolute Gasteiger partial charge is 0.267 e. The van der Waals surface area contributed by atoms with E-state index in [-0.39, 0.29) is 24.6 Å². The van der Waals surface area contributed by atoms with Crippen LogP contribution in [0.5, 0.6) is 5.88 Å². The number of amides is 1. The van der Waals surface area contributed by atoms with Crippen LogP contribution in [-0.2, 0) is 4.79 Å². The van der Waals surface area contributed by atoms with Gasteiger partial charge in [-0.3, -0.25) is 9.59 Å². The van der Waals surface area contributed by atoms with E-state index in [9.17, 15) is 9.59 Å². The van der Waals surface area contributed by atoms with E-state index in [2.05, 4.69) is 25.3 Å². The summed E-state index contributed by atoms with van der Waals surface area (Å²) in [7, 11) is 0. The second kappa shape index (κ2) is 10.7. The Bertz CT molecular complexity index is 1130. The first-order chi connectivity index (χ1) is 16.1. The maximum Gasteiger partial charge on any atom is 0.267 e. The molecule has 9 heteroatoms. The van der Waals surface area contributed by atoms with E-state index < -0.39 is 6.04 Å². The number of carbonyl (C=O) groups is 1. The maximum atomic E-state index is 12.6. The fourth-order valence-electron chi connectivity index (χ4n) is 3.76. The molecule has 1 unspecified atom stereocenters. The molecular weight excluding hydrogens is 420 g/mol. The highest BCUT2D eigenvalue weighted by Gasteiger charge is 2.18. The molecule has 1 aliphatic rings. The summed E-state index contributed by atoms with van der Waals surface area (Å²) in [4.78, 5) is 35.6. The van der Waals surface area contributed by atoms with E-state index >= 15 is 0 Å². The number of rotatable bonds is 8. The third kappa shape index (κ3) is 5.74. The Hall–Kier alpha value is -3.75. The predicted molar refractivity (Wildman–Crippen MR) is 125 cm³/mol. The van der Waals surface area contributed by atoms with Gasteiger partial charge in [0.2, 0.25) is 11.8 Å². The summed E-state index contributed by atoms with van der Waals surface area (Å²) in [6.07, 6.45) is 5.08. The van der Waals surface area contributed by atoms with E-state index in [1.54, 1.807) is 13.0 Å². The normalized spacial score (nSPS) is 14.5. The van der Waals surface area contributed by atoms with Gasteiger partial charge in [0.1, 0.15) is 24.8 Å². The van der Waals surface area contributed by atoms with Crippen molar-refractivity contribution in [1.82, 2.24) is 25.1 Å². The van der Waals surface area contributed by atoms with Crippen LogP contribution in [0, 0.1) is 0 Å². The van der Waals surface area contributed by atoms with Crippen LogP contribution >= 0.6 is 0 Å². The number of hydrogen-bond donors (Lipinski definition) is 1. The van der Waals surface area contributed by atoms with Crippen molar-refractivity contribution in [2.75, 3.05) is 31.1 Å². The quantitative estimate of drug-likeness (QED) is 0.528. The molecule has 9 nitrogen and oxygen atoms in total. The Morgan fingerprint density at radius 2 is 1.88 bits per heavy atom. The van der Waals surface area contributed by atoms with E-state index in [0.717, 1.165) is 37.3 Å². The molecule has 1 N–H and O–H groups in total. The lowest BCUT2D eigenvalue weighted by atomic mass is 10.1. The van der Waals surface area contributed by atoms with E-state index in [4.69, 9.17) is 4.74 Å². The molecule has 0 saturated carbocycles. The average Bonchev–Trinajstić information content (AvgIpc) is 2.87. The Morgan fingerprint density at radius 1 is 1.09 bits per heavy atom. The summed E-state index contributed by atoms with van der Waals surface area (Å²) in [6.45, 7) is 4.15. The molecule has 1 aromatic carbocycles. The van der Waals surface area contributed by atoms with Gasteiger partial charge < -0.3 is 15.0 Å². The lowest BCUT2D eigenvalue weighted by Crippen LogP contribution is -2.38. The monoisotopic (exact) mass is 448 g/mol. The number of anilines is 1. The lowest BCUT2D eigenvalue weighted by molar-refractivity contribution is -0.124. The van der Waals surface area contributed by atoms with E-state index in [1.165, 1.54) is 23.5 Å². The third-order valence-electron chi connectivity index (χ3n) is 5.60.